The van der Waals surface area contributed by atoms with E-state index >= 15 is 0 Å². The van der Waals surface area contributed by atoms with Crippen LogP contribution in [0.15, 0.2) is 24.5 Å². The van der Waals surface area contributed by atoms with Crippen molar-refractivity contribution in [2.75, 3.05) is 5.32 Å². The summed E-state index contributed by atoms with van der Waals surface area (Å²) < 4.78 is 1.66. The van der Waals surface area contributed by atoms with Crippen LogP contribution in [-0.2, 0) is 13.6 Å². The number of hydrogen-bond donors (Lipinski definition) is 3. The van der Waals surface area contributed by atoms with Crippen LogP contribution in [0.2, 0.25) is 5.02 Å². The number of aromatic carboxylic acids is 1. The number of aromatic nitrogens is 3. The number of benzene rings is 1. The first-order chi connectivity index (χ1) is 9.97. The van der Waals surface area contributed by atoms with E-state index in [9.17, 15) is 9.59 Å². The molecule has 0 saturated heterocycles. The van der Waals surface area contributed by atoms with E-state index < -0.39 is 12.0 Å². The zero-order chi connectivity index (χ0) is 15.4. The summed E-state index contributed by atoms with van der Waals surface area (Å²) in [5.41, 5.74) is 0.0682. The van der Waals surface area contributed by atoms with Gasteiger partial charge in [0.15, 0.2) is 5.82 Å². The summed E-state index contributed by atoms with van der Waals surface area (Å²) in [6.07, 6.45) is 1.51. The predicted octanol–water partition coefficient (Wildman–Crippen LogP) is 1.49. The van der Waals surface area contributed by atoms with Crippen molar-refractivity contribution in [3.8, 4) is 0 Å². The Bertz CT molecular complexity index is 685. The first kappa shape index (κ1) is 14.8. The van der Waals surface area contributed by atoms with Crippen molar-refractivity contribution in [2.24, 2.45) is 7.05 Å². The van der Waals surface area contributed by atoms with Gasteiger partial charge in [-0.05, 0) is 18.2 Å². The molecule has 9 heteroatoms. The highest BCUT2D eigenvalue weighted by molar-refractivity contribution is 6.31. The van der Waals surface area contributed by atoms with Gasteiger partial charge in [0, 0.05) is 12.1 Å². The number of nitrogens with one attached hydrogen (secondary N) is 2. The van der Waals surface area contributed by atoms with Crippen molar-refractivity contribution < 1.29 is 14.7 Å². The van der Waals surface area contributed by atoms with Gasteiger partial charge in [0.05, 0.1) is 17.8 Å². The highest BCUT2D eigenvalue weighted by Crippen LogP contribution is 2.20. The van der Waals surface area contributed by atoms with Crippen molar-refractivity contribution >= 4 is 29.3 Å². The molecule has 3 N–H and O–H groups in total. The number of anilines is 1. The molecule has 1 aromatic heterocycles. The van der Waals surface area contributed by atoms with Crippen LogP contribution < -0.4 is 10.6 Å². The minimum atomic E-state index is -1.18. The van der Waals surface area contributed by atoms with Crippen LogP contribution in [0.5, 0.6) is 0 Å². The van der Waals surface area contributed by atoms with Crippen molar-refractivity contribution in [3.63, 3.8) is 0 Å². The number of carbonyl (C=O) groups excluding carboxylic acids is 1. The fourth-order valence-electron chi connectivity index (χ4n) is 1.60. The number of carbonyl (C=O) groups is 2. The molecule has 2 rings (SSSR count). The zero-order valence-electron chi connectivity index (χ0n) is 11.0. The van der Waals surface area contributed by atoms with Gasteiger partial charge in [-0.25, -0.2) is 9.59 Å². The van der Waals surface area contributed by atoms with E-state index in [1.165, 1.54) is 24.5 Å². The van der Waals surface area contributed by atoms with E-state index in [0.717, 1.165) is 0 Å². The lowest BCUT2D eigenvalue weighted by atomic mass is 10.2. The monoisotopic (exact) mass is 309 g/mol. The number of hydrogen-bond acceptors (Lipinski definition) is 4. The Labute approximate surface area is 124 Å². The molecule has 0 fully saturated rings. The minimum absolute atomic E-state index is 0.0868. The summed E-state index contributed by atoms with van der Waals surface area (Å²) in [4.78, 5) is 22.9. The van der Waals surface area contributed by atoms with Gasteiger partial charge in [-0.2, -0.15) is 0 Å². The summed E-state index contributed by atoms with van der Waals surface area (Å²) in [5, 5.41) is 21.8. The second kappa shape index (κ2) is 6.23. The second-order valence-corrected chi connectivity index (χ2v) is 4.60. The Morgan fingerprint density at radius 2 is 2.19 bits per heavy atom. The van der Waals surface area contributed by atoms with E-state index in [1.807, 2.05) is 0 Å². The summed E-state index contributed by atoms with van der Waals surface area (Å²) in [6, 6.07) is 3.63. The number of amides is 2. The van der Waals surface area contributed by atoms with Crippen molar-refractivity contribution in [1.29, 1.82) is 0 Å². The summed E-state index contributed by atoms with van der Waals surface area (Å²) in [6.45, 7) is 0.165. The first-order valence-corrected chi connectivity index (χ1v) is 6.25. The highest BCUT2D eigenvalue weighted by Gasteiger charge is 2.13. The normalized spacial score (nSPS) is 10.2. The van der Waals surface area contributed by atoms with Gasteiger partial charge < -0.3 is 20.3 Å². The Kier molecular flexibility index (Phi) is 4.39. The van der Waals surface area contributed by atoms with Crippen LogP contribution >= 0.6 is 11.6 Å². The molecule has 0 aliphatic rings. The van der Waals surface area contributed by atoms with Crippen LogP contribution in [0.25, 0.3) is 0 Å². The van der Waals surface area contributed by atoms with Crippen LogP contribution in [0.1, 0.15) is 16.2 Å². The number of aryl methyl sites for hydroxylation is 1. The van der Waals surface area contributed by atoms with E-state index in [4.69, 9.17) is 16.7 Å². The summed E-state index contributed by atoms with van der Waals surface area (Å²) in [5.74, 6) is -0.610. The topological polar surface area (TPSA) is 109 Å². The first-order valence-electron chi connectivity index (χ1n) is 5.88. The molecule has 110 valence electrons. The highest BCUT2D eigenvalue weighted by atomic mass is 35.5. The minimum Gasteiger partial charge on any atom is -0.478 e. The van der Waals surface area contributed by atoms with E-state index in [1.54, 1.807) is 11.6 Å². The lowest BCUT2D eigenvalue weighted by Crippen LogP contribution is -2.29. The van der Waals surface area contributed by atoms with E-state index in [2.05, 4.69) is 20.8 Å². The zero-order valence-corrected chi connectivity index (χ0v) is 11.8. The second-order valence-electron chi connectivity index (χ2n) is 4.16. The summed E-state index contributed by atoms with van der Waals surface area (Å²) >= 11 is 5.73. The molecule has 0 spiro atoms. The molecule has 1 heterocycles. The molecule has 0 radical (unpaired) electrons. The number of urea groups is 1. The van der Waals surface area contributed by atoms with Gasteiger partial charge in [0.25, 0.3) is 0 Å². The van der Waals surface area contributed by atoms with Crippen molar-refractivity contribution in [3.05, 3.63) is 40.9 Å². The smallest absolute Gasteiger partial charge is 0.337 e. The number of rotatable bonds is 4. The maximum atomic E-state index is 11.8. The summed E-state index contributed by atoms with van der Waals surface area (Å²) in [7, 11) is 1.75. The Morgan fingerprint density at radius 1 is 1.43 bits per heavy atom. The molecule has 1 aromatic carbocycles. The fraction of sp³-hybridized carbons (Fsp3) is 0.167. The molecule has 21 heavy (non-hydrogen) atoms. The molecule has 0 aliphatic heterocycles. The molecule has 0 unspecified atom stereocenters. The molecule has 0 atom stereocenters. The standard InChI is InChI=1S/C12H12ClN5O3/c1-18-6-15-17-10(18)5-14-12(21)16-9-3-2-7(13)4-8(9)11(19)20/h2-4,6H,5H2,1H3,(H,19,20)(H2,14,16,21). The Balaban J connectivity index is 2.03. The Hall–Kier alpha value is -2.61. The molecule has 0 bridgehead atoms. The lowest BCUT2D eigenvalue weighted by molar-refractivity contribution is 0.0698. The van der Waals surface area contributed by atoms with E-state index in [-0.39, 0.29) is 22.8 Å². The molecule has 0 saturated carbocycles. The van der Waals surface area contributed by atoms with Gasteiger partial charge in [-0.1, -0.05) is 11.6 Å². The van der Waals surface area contributed by atoms with Crippen LogP contribution in [-0.4, -0.2) is 31.9 Å². The average Bonchev–Trinajstić information content (AvgIpc) is 2.84. The van der Waals surface area contributed by atoms with Crippen molar-refractivity contribution in [2.45, 2.75) is 6.54 Å². The molecule has 0 aliphatic carbocycles. The molecule has 2 amide bonds. The lowest BCUT2D eigenvalue weighted by Gasteiger charge is -2.10. The van der Waals surface area contributed by atoms with Gasteiger partial charge in [0.1, 0.15) is 6.33 Å². The molecular weight excluding hydrogens is 298 g/mol. The maximum absolute atomic E-state index is 11.8. The third-order valence-corrected chi connectivity index (χ3v) is 2.91. The van der Waals surface area contributed by atoms with E-state index in [0.29, 0.717) is 5.82 Å². The molecular formula is C12H12ClN5O3. The van der Waals surface area contributed by atoms with Gasteiger partial charge >= 0.3 is 12.0 Å². The number of carboxylic acids is 1. The molecule has 8 nitrogen and oxygen atoms in total. The third-order valence-electron chi connectivity index (χ3n) is 2.67. The largest absolute Gasteiger partial charge is 0.478 e. The van der Waals surface area contributed by atoms with Gasteiger partial charge in [-0.15, -0.1) is 10.2 Å². The van der Waals surface area contributed by atoms with Gasteiger partial charge in [0.2, 0.25) is 0 Å². The number of halogens is 1. The van der Waals surface area contributed by atoms with Crippen molar-refractivity contribution in [1.82, 2.24) is 20.1 Å². The molecule has 2 aromatic rings. The van der Waals surface area contributed by atoms with Crippen LogP contribution in [0.3, 0.4) is 0 Å². The van der Waals surface area contributed by atoms with Crippen LogP contribution in [0.4, 0.5) is 10.5 Å². The maximum Gasteiger partial charge on any atom is 0.337 e. The third kappa shape index (κ3) is 3.69. The average molecular weight is 310 g/mol. The van der Waals surface area contributed by atoms with Gasteiger partial charge in [-0.3, -0.25) is 0 Å². The SMILES string of the molecule is Cn1cnnc1CNC(=O)Nc1ccc(Cl)cc1C(=O)O. The quantitative estimate of drug-likeness (QED) is 0.792. The van der Waals surface area contributed by atoms with Crippen LogP contribution in [0, 0.1) is 0 Å². The Morgan fingerprint density at radius 3 is 2.81 bits per heavy atom. The predicted molar refractivity (Wildman–Crippen MR) is 75.3 cm³/mol. The number of carboxylic acid groups (broad SMARTS) is 1. The fourth-order valence-corrected chi connectivity index (χ4v) is 1.77. The number of nitrogens with zero attached hydrogens (tertiary/aromatic N) is 3.